The van der Waals surface area contributed by atoms with E-state index in [1.807, 2.05) is 30.3 Å². The van der Waals surface area contributed by atoms with E-state index in [2.05, 4.69) is 4.18 Å². The predicted molar refractivity (Wildman–Crippen MR) is 105 cm³/mol. The Bertz CT molecular complexity index is 1050. The summed E-state index contributed by atoms with van der Waals surface area (Å²) < 4.78 is 32.2. The molecule has 0 unspecified atom stereocenters. The second-order valence-corrected chi connectivity index (χ2v) is 6.80. The molecule has 28 heavy (non-hydrogen) atoms. The highest BCUT2D eigenvalue weighted by atomic mass is 32.2. The molecule has 3 aromatic carbocycles. The largest absolute Gasteiger partial charge is 0.457 e. The Labute approximate surface area is 162 Å². The van der Waals surface area contributed by atoms with Crippen LogP contribution in [0.4, 0.5) is 16.2 Å². The molecule has 0 aromatic heterocycles. The van der Waals surface area contributed by atoms with Crippen molar-refractivity contribution in [1.82, 2.24) is 0 Å². The number of hydrogen-bond donors (Lipinski definition) is 2. The fourth-order valence-electron chi connectivity index (χ4n) is 2.48. The van der Waals surface area contributed by atoms with Crippen molar-refractivity contribution in [3.8, 4) is 17.2 Å². The van der Waals surface area contributed by atoms with Crippen LogP contribution in [0, 0.1) is 0 Å². The van der Waals surface area contributed by atoms with Gasteiger partial charge in [0, 0.05) is 0 Å². The minimum atomic E-state index is -4.13. The predicted octanol–water partition coefficient (Wildman–Crippen LogP) is 3.28. The Morgan fingerprint density at radius 2 is 1.21 bits per heavy atom. The van der Waals surface area contributed by atoms with Crippen LogP contribution in [0.1, 0.15) is 0 Å². The van der Waals surface area contributed by atoms with Crippen molar-refractivity contribution < 1.29 is 22.1 Å². The van der Waals surface area contributed by atoms with Gasteiger partial charge in [0.1, 0.15) is 17.2 Å². The van der Waals surface area contributed by atoms with Crippen LogP contribution in [0.15, 0.2) is 78.9 Å². The first-order chi connectivity index (χ1) is 13.3. The molecule has 9 heteroatoms. The topological polar surface area (TPSA) is 125 Å². The van der Waals surface area contributed by atoms with Crippen molar-refractivity contribution in [3.05, 3.63) is 78.9 Å². The standard InChI is InChI=1S/C19H17N3O5S/c20-19(23)22(15-8-12-18(13-9-15)27-28(21,24)25)14-6-10-17(11-7-14)26-16-4-2-1-3-5-16/h1-13H,(H2,20,23)(H2,21,24,25). The third-order valence-corrected chi connectivity index (χ3v) is 4.03. The van der Waals surface area contributed by atoms with E-state index in [-0.39, 0.29) is 5.75 Å². The molecule has 0 fully saturated rings. The first-order valence-corrected chi connectivity index (χ1v) is 9.54. The molecule has 0 atom stereocenters. The molecule has 0 saturated heterocycles. The molecule has 8 nitrogen and oxygen atoms in total. The van der Waals surface area contributed by atoms with Gasteiger partial charge in [-0.05, 0) is 60.7 Å². The zero-order valence-corrected chi connectivity index (χ0v) is 15.4. The molecular weight excluding hydrogens is 382 g/mol. The molecule has 0 aliphatic heterocycles. The molecule has 3 rings (SSSR count). The Hall–Kier alpha value is -3.56. The summed E-state index contributed by atoms with van der Waals surface area (Å²) in [6, 6.07) is 21.0. The first kappa shape index (κ1) is 19.2. The summed E-state index contributed by atoms with van der Waals surface area (Å²) in [6.45, 7) is 0. The monoisotopic (exact) mass is 399 g/mol. The lowest BCUT2D eigenvalue weighted by molar-refractivity contribution is 0.256. The van der Waals surface area contributed by atoms with E-state index in [1.165, 1.54) is 29.2 Å². The molecule has 4 N–H and O–H groups in total. The molecule has 144 valence electrons. The SMILES string of the molecule is NC(=O)N(c1ccc(Oc2ccccc2)cc1)c1ccc(OS(N)(=O)=O)cc1. The number of anilines is 2. The smallest absolute Gasteiger partial charge is 0.380 e. The maximum Gasteiger partial charge on any atom is 0.380 e. The van der Waals surface area contributed by atoms with Crippen LogP contribution in [0.25, 0.3) is 0 Å². The van der Waals surface area contributed by atoms with Gasteiger partial charge in [-0.3, -0.25) is 4.90 Å². The van der Waals surface area contributed by atoms with Gasteiger partial charge in [0.05, 0.1) is 11.4 Å². The van der Waals surface area contributed by atoms with Gasteiger partial charge in [0.2, 0.25) is 0 Å². The minimum absolute atomic E-state index is 0.0160. The number of rotatable bonds is 6. The lowest BCUT2D eigenvalue weighted by Gasteiger charge is -2.21. The molecule has 0 saturated carbocycles. The van der Waals surface area contributed by atoms with Crippen LogP contribution in [-0.2, 0) is 10.3 Å². The van der Waals surface area contributed by atoms with Crippen LogP contribution < -0.4 is 24.7 Å². The number of benzene rings is 3. The zero-order valence-electron chi connectivity index (χ0n) is 14.6. The number of amides is 2. The number of nitrogens with two attached hydrogens (primary N) is 2. The van der Waals surface area contributed by atoms with E-state index in [4.69, 9.17) is 15.6 Å². The second kappa shape index (κ2) is 7.99. The van der Waals surface area contributed by atoms with E-state index < -0.39 is 16.3 Å². The number of nitrogens with zero attached hydrogens (tertiary/aromatic N) is 1. The van der Waals surface area contributed by atoms with Gasteiger partial charge >= 0.3 is 16.3 Å². The van der Waals surface area contributed by atoms with Crippen molar-refractivity contribution in [2.45, 2.75) is 0 Å². The molecule has 0 aliphatic carbocycles. The van der Waals surface area contributed by atoms with Gasteiger partial charge < -0.3 is 14.7 Å². The van der Waals surface area contributed by atoms with Gasteiger partial charge in [0.25, 0.3) is 0 Å². The number of ether oxygens (including phenoxy) is 1. The summed E-state index contributed by atoms with van der Waals surface area (Å²) in [4.78, 5) is 13.2. The van der Waals surface area contributed by atoms with E-state index in [1.54, 1.807) is 24.3 Å². The maximum absolute atomic E-state index is 12.0. The molecule has 0 bridgehead atoms. The number of para-hydroxylation sites is 1. The Morgan fingerprint density at radius 1 is 0.750 bits per heavy atom. The Morgan fingerprint density at radius 3 is 1.68 bits per heavy atom. The summed E-state index contributed by atoms with van der Waals surface area (Å²) >= 11 is 0. The lowest BCUT2D eigenvalue weighted by Crippen LogP contribution is -2.31. The number of carbonyl (C=O) groups is 1. The van der Waals surface area contributed by atoms with Gasteiger partial charge in [-0.1, -0.05) is 18.2 Å². The van der Waals surface area contributed by atoms with E-state index in [0.717, 1.165) is 0 Å². The lowest BCUT2D eigenvalue weighted by atomic mass is 10.2. The molecule has 0 heterocycles. The maximum atomic E-state index is 12.0. The van der Waals surface area contributed by atoms with Gasteiger partial charge in [-0.25, -0.2) is 4.79 Å². The van der Waals surface area contributed by atoms with Crippen LogP contribution in [0.2, 0.25) is 0 Å². The quantitative estimate of drug-likeness (QED) is 0.658. The van der Waals surface area contributed by atoms with Crippen LogP contribution in [0.3, 0.4) is 0 Å². The third kappa shape index (κ3) is 5.00. The summed E-state index contributed by atoms with van der Waals surface area (Å²) in [5, 5.41) is 4.83. The Kier molecular flexibility index (Phi) is 5.48. The zero-order chi connectivity index (χ0) is 20.1. The summed E-state index contributed by atoms with van der Waals surface area (Å²) in [5.74, 6) is 1.30. The highest BCUT2D eigenvalue weighted by Crippen LogP contribution is 2.30. The highest BCUT2D eigenvalue weighted by molar-refractivity contribution is 7.84. The van der Waals surface area contributed by atoms with Crippen molar-refractivity contribution in [2.75, 3.05) is 4.90 Å². The van der Waals surface area contributed by atoms with Crippen LogP contribution in [-0.4, -0.2) is 14.4 Å². The van der Waals surface area contributed by atoms with Crippen LogP contribution >= 0.6 is 0 Å². The highest BCUT2D eigenvalue weighted by Gasteiger charge is 2.16. The summed E-state index contributed by atoms with van der Waals surface area (Å²) in [6.07, 6.45) is 0. The number of primary amides is 1. The first-order valence-electron chi connectivity index (χ1n) is 8.07. The molecule has 0 radical (unpaired) electrons. The van der Waals surface area contributed by atoms with E-state index in [0.29, 0.717) is 22.9 Å². The van der Waals surface area contributed by atoms with Crippen molar-refractivity contribution in [1.29, 1.82) is 0 Å². The average molecular weight is 399 g/mol. The number of urea groups is 1. The normalized spacial score (nSPS) is 10.9. The van der Waals surface area contributed by atoms with Gasteiger partial charge in [-0.2, -0.15) is 13.6 Å². The van der Waals surface area contributed by atoms with Crippen molar-refractivity contribution >= 4 is 27.7 Å². The summed E-state index contributed by atoms with van der Waals surface area (Å²) in [7, 11) is -4.13. The molecular formula is C19H17N3O5S. The number of carbonyl (C=O) groups excluding carboxylic acids is 1. The van der Waals surface area contributed by atoms with Crippen molar-refractivity contribution in [2.24, 2.45) is 10.9 Å². The molecule has 0 aliphatic rings. The molecule has 3 aromatic rings. The Balaban J connectivity index is 1.81. The second-order valence-electron chi connectivity index (χ2n) is 5.65. The van der Waals surface area contributed by atoms with Gasteiger partial charge in [-0.15, -0.1) is 0 Å². The van der Waals surface area contributed by atoms with E-state index >= 15 is 0 Å². The van der Waals surface area contributed by atoms with E-state index in [9.17, 15) is 13.2 Å². The van der Waals surface area contributed by atoms with Crippen molar-refractivity contribution in [3.63, 3.8) is 0 Å². The molecule has 2 amide bonds. The third-order valence-electron chi connectivity index (χ3n) is 3.60. The fourth-order valence-corrected chi connectivity index (χ4v) is 2.86. The van der Waals surface area contributed by atoms with Crippen LogP contribution in [0.5, 0.6) is 17.2 Å². The number of hydrogen-bond acceptors (Lipinski definition) is 5. The molecule has 0 spiro atoms. The minimum Gasteiger partial charge on any atom is -0.457 e. The summed E-state index contributed by atoms with van der Waals surface area (Å²) in [5.41, 5.74) is 6.44. The van der Waals surface area contributed by atoms with Gasteiger partial charge in [0.15, 0.2) is 0 Å². The average Bonchev–Trinajstić information content (AvgIpc) is 2.64. The fraction of sp³-hybridized carbons (Fsp3) is 0.